The molecular weight excluding hydrogens is 775 g/mol. The zero-order valence-corrected chi connectivity index (χ0v) is 29.3. The number of aromatic nitrogens is 6. The Labute approximate surface area is 287 Å². The van der Waals surface area contributed by atoms with E-state index in [1.165, 1.54) is 17.0 Å². The molecule has 0 fully saturated rings. The van der Waals surface area contributed by atoms with Crippen LogP contribution in [0.4, 0.5) is 23.7 Å². The number of carbonyl (C=O) groups is 1. The van der Waals surface area contributed by atoms with Crippen LogP contribution < -0.4 is 10.1 Å². The zero-order chi connectivity index (χ0) is 33.8. The molecule has 2 aromatic carbocycles. The van der Waals surface area contributed by atoms with E-state index in [-0.39, 0.29) is 24.5 Å². The highest BCUT2D eigenvalue weighted by Crippen LogP contribution is 2.34. The van der Waals surface area contributed by atoms with Crippen LogP contribution in [0.2, 0.25) is 5.02 Å². The fraction of sp³-hybridized carbons (Fsp3) is 0.345. The predicted octanol–water partition coefficient (Wildman–Crippen LogP) is 7.58. The maximum absolute atomic E-state index is 13.0. The van der Waals surface area contributed by atoms with Crippen molar-refractivity contribution in [3.63, 3.8) is 0 Å². The highest BCUT2D eigenvalue weighted by molar-refractivity contribution is 14.2. The van der Waals surface area contributed by atoms with Gasteiger partial charge in [-0.2, -0.15) is 5.10 Å². The predicted molar refractivity (Wildman–Crippen MR) is 180 cm³/mol. The first-order valence-corrected chi connectivity index (χ1v) is 18.6. The van der Waals surface area contributed by atoms with E-state index >= 15 is 0 Å². The summed E-state index contributed by atoms with van der Waals surface area (Å²) in [6.07, 6.45) is 2.50. The summed E-state index contributed by atoms with van der Waals surface area (Å²) in [5.41, 5.74) is 2.50. The van der Waals surface area contributed by atoms with Gasteiger partial charge in [0.25, 0.3) is 0 Å². The van der Waals surface area contributed by atoms with E-state index in [4.69, 9.17) is 20.8 Å². The second kappa shape index (κ2) is 14.6. The highest BCUT2D eigenvalue weighted by atomic mass is 127. The molecule has 1 amide bonds. The third-order valence-electron chi connectivity index (χ3n) is 6.60. The fourth-order valence-electron chi connectivity index (χ4n) is 4.57. The second-order valence-electron chi connectivity index (χ2n) is 11.3. The third kappa shape index (κ3) is 9.47. The summed E-state index contributed by atoms with van der Waals surface area (Å²) in [5, 5.41) is 16.5. The normalized spacial score (nSPS) is 12.3. The molecule has 250 valence electrons. The minimum atomic E-state index is -4.88. The van der Waals surface area contributed by atoms with Gasteiger partial charge in [-0.1, -0.05) is 17.7 Å². The number of hydrogen-bond donors (Lipinski definition) is 1. The molecule has 0 saturated heterocycles. The Bertz CT molecular complexity index is 1830. The van der Waals surface area contributed by atoms with E-state index in [1.807, 2.05) is 27.3 Å². The third-order valence-corrected chi connectivity index (χ3v) is 8.78. The van der Waals surface area contributed by atoms with Gasteiger partial charge >= 0.3 is 12.5 Å². The first-order valence-electron chi connectivity index (χ1n) is 14.2. The number of alkyl halides is 3. The number of oxazole rings is 1. The summed E-state index contributed by atoms with van der Waals surface area (Å²) in [4.78, 5) is 18.8. The quantitative estimate of drug-likeness (QED) is 0.100. The van der Waals surface area contributed by atoms with Gasteiger partial charge < -0.3 is 24.1 Å². The summed E-state index contributed by atoms with van der Waals surface area (Å²) in [7, 11) is 0. The van der Waals surface area contributed by atoms with Gasteiger partial charge in [0.05, 0.1) is 35.0 Å². The number of nitrogens with zero attached hydrogens (tertiary/aromatic N) is 7. The van der Waals surface area contributed by atoms with Gasteiger partial charge in [0.15, 0.2) is 5.89 Å². The van der Waals surface area contributed by atoms with Gasteiger partial charge in [-0.25, -0.2) is 14.2 Å². The highest BCUT2D eigenvalue weighted by Gasteiger charge is 2.32. The number of benzene rings is 2. The van der Waals surface area contributed by atoms with Crippen molar-refractivity contribution in [2.45, 2.75) is 52.1 Å². The molecule has 0 spiro atoms. The average Bonchev–Trinajstić information content (AvgIpc) is 3.76. The van der Waals surface area contributed by atoms with E-state index in [0.717, 1.165) is 28.3 Å². The zero-order valence-electron chi connectivity index (χ0n) is 25.4. The molecule has 5 rings (SSSR count). The number of fused-ring (bicyclic) bond motifs is 1. The molecule has 0 aliphatic carbocycles. The van der Waals surface area contributed by atoms with Crippen LogP contribution in [-0.2, 0) is 24.1 Å². The molecule has 47 heavy (non-hydrogen) atoms. The lowest BCUT2D eigenvalue weighted by Crippen LogP contribution is -2.37. The molecule has 0 aliphatic rings. The van der Waals surface area contributed by atoms with E-state index in [1.54, 1.807) is 39.6 Å². The molecular formula is C29H30ClF3IN8O4P. The number of hydrogen-bond acceptors (Lipinski definition) is 9. The topological polar surface area (TPSA) is 125 Å². The number of halogens is 5. The Kier molecular flexibility index (Phi) is 10.8. The van der Waals surface area contributed by atoms with Gasteiger partial charge in [-0.05, 0) is 72.6 Å². The van der Waals surface area contributed by atoms with Crippen LogP contribution in [-0.4, -0.2) is 65.3 Å². The van der Waals surface area contributed by atoms with Crippen LogP contribution >= 0.6 is 40.0 Å². The summed E-state index contributed by atoms with van der Waals surface area (Å²) >= 11 is 8.32. The SMILES string of the molecule is CC(C)(C)OC(=O)N(CCc1ncc(CCNc2cc(-n3cnnc3)cc3c2cnn3PI)o1)Cc1ccc(OC(F)(F)F)c(Cl)c1. The molecule has 3 heterocycles. The van der Waals surface area contributed by atoms with Crippen LogP contribution in [0.3, 0.4) is 0 Å². The van der Waals surface area contributed by atoms with Gasteiger partial charge in [0.1, 0.15) is 29.8 Å². The molecule has 3 aromatic heterocycles. The van der Waals surface area contributed by atoms with Gasteiger partial charge in [0.2, 0.25) is 0 Å². The van der Waals surface area contributed by atoms with Crippen molar-refractivity contribution in [1.29, 1.82) is 0 Å². The number of anilines is 1. The standard InChI is InChI=1S/C29H30ClF3IN8O4P/c1-28(2,3)46-27(43)40(15-18-4-5-25(22(30)10-18)45-29(31,32)33)9-7-26-36-13-20(44-26)6-8-35-23-11-19(41-16-37-38-17-41)12-24-21(23)14-39-42(24)47-34/h4-5,10-14,16-17,35,47H,6-9,15H2,1-3H3. The summed E-state index contributed by atoms with van der Waals surface area (Å²) in [6, 6.07) is 7.88. The average molecular weight is 805 g/mol. The van der Waals surface area contributed by atoms with Gasteiger partial charge in [-0.15, -0.1) is 23.4 Å². The van der Waals surface area contributed by atoms with Crippen molar-refractivity contribution in [1.82, 2.24) is 34.2 Å². The molecule has 0 saturated carbocycles. The van der Waals surface area contributed by atoms with Crippen molar-refractivity contribution in [3.8, 4) is 11.4 Å². The maximum Gasteiger partial charge on any atom is 0.573 e. The molecule has 12 nitrogen and oxygen atoms in total. The number of rotatable bonds is 12. The Morgan fingerprint density at radius 2 is 1.89 bits per heavy atom. The molecule has 18 heteroatoms. The number of carbonyl (C=O) groups excluding carboxylic acids is 1. The largest absolute Gasteiger partial charge is 0.573 e. The minimum absolute atomic E-state index is 0.0235. The summed E-state index contributed by atoms with van der Waals surface area (Å²) in [5.74, 6) is 0.540. The smallest absolute Gasteiger partial charge is 0.446 e. The monoisotopic (exact) mass is 804 g/mol. The summed E-state index contributed by atoms with van der Waals surface area (Å²) < 4.78 is 57.2. The molecule has 0 radical (unpaired) electrons. The van der Waals surface area contributed by atoms with Crippen LogP contribution in [0, 0.1) is 0 Å². The van der Waals surface area contributed by atoms with Crippen LogP contribution in [0.25, 0.3) is 16.6 Å². The maximum atomic E-state index is 13.0. The number of nitrogens with one attached hydrogen (secondary N) is 1. The summed E-state index contributed by atoms with van der Waals surface area (Å²) in [6.45, 7) is 5.96. The molecule has 1 N–H and O–H groups in total. The first-order chi connectivity index (χ1) is 22.3. The van der Waals surface area contributed by atoms with Crippen molar-refractivity contribution in [3.05, 3.63) is 77.6 Å². The number of ether oxygens (including phenoxy) is 2. The van der Waals surface area contributed by atoms with E-state index in [2.05, 4.69) is 52.4 Å². The Hall–Kier alpha value is -3.63. The lowest BCUT2D eigenvalue weighted by molar-refractivity contribution is -0.274. The fourth-order valence-corrected chi connectivity index (χ4v) is 6.34. The number of amides is 1. The molecule has 1 unspecified atom stereocenters. The minimum Gasteiger partial charge on any atom is -0.446 e. The lowest BCUT2D eigenvalue weighted by atomic mass is 10.2. The van der Waals surface area contributed by atoms with Crippen molar-refractivity contribution < 1.29 is 31.9 Å². The van der Waals surface area contributed by atoms with E-state index in [9.17, 15) is 18.0 Å². The van der Waals surface area contributed by atoms with Gasteiger partial charge in [-0.3, -0.25) is 4.57 Å². The molecule has 0 bridgehead atoms. The van der Waals surface area contributed by atoms with Crippen LogP contribution in [0.1, 0.15) is 38.0 Å². The van der Waals surface area contributed by atoms with Crippen molar-refractivity contribution in [2.75, 3.05) is 18.4 Å². The van der Waals surface area contributed by atoms with Crippen molar-refractivity contribution >= 4 is 62.7 Å². The van der Waals surface area contributed by atoms with Crippen molar-refractivity contribution in [2.24, 2.45) is 0 Å². The van der Waals surface area contributed by atoms with Gasteiger partial charge in [0, 0.05) is 43.5 Å². The van der Waals surface area contributed by atoms with Crippen LogP contribution in [0.5, 0.6) is 5.75 Å². The molecule has 0 aliphatic heterocycles. The van der Waals surface area contributed by atoms with E-state index in [0.29, 0.717) is 36.6 Å². The molecule has 5 aromatic rings. The Balaban J connectivity index is 1.23. The Morgan fingerprint density at radius 1 is 1.13 bits per heavy atom. The van der Waals surface area contributed by atoms with E-state index < -0.39 is 23.8 Å². The molecule has 1 atom stereocenters. The van der Waals surface area contributed by atoms with Crippen LogP contribution in [0.15, 0.2) is 59.8 Å². The first kappa shape index (κ1) is 34.7. The lowest BCUT2D eigenvalue weighted by Gasteiger charge is -2.27. The Morgan fingerprint density at radius 3 is 2.57 bits per heavy atom. The second-order valence-corrected chi connectivity index (χ2v) is 13.7.